The summed E-state index contributed by atoms with van der Waals surface area (Å²) in [6.45, 7) is 1.70. The Morgan fingerprint density at radius 3 is 2.46 bits per heavy atom. The Labute approximate surface area is 232 Å². The molecule has 1 saturated heterocycles. The van der Waals surface area contributed by atoms with E-state index in [4.69, 9.17) is 28.9 Å². The number of rotatable bonds is 5. The molecule has 7 nitrogen and oxygen atoms in total. The van der Waals surface area contributed by atoms with Crippen LogP contribution in [0.1, 0.15) is 12.8 Å². The number of sulfone groups is 1. The summed E-state index contributed by atoms with van der Waals surface area (Å²) in [5.74, 6) is 0.702. The Morgan fingerprint density at radius 2 is 1.81 bits per heavy atom. The van der Waals surface area contributed by atoms with Gasteiger partial charge in [0.05, 0.1) is 0 Å². The van der Waals surface area contributed by atoms with Crippen molar-refractivity contribution in [3.63, 3.8) is 0 Å². The molecule has 3 N–H and O–H groups in total. The Bertz CT molecular complexity index is 1580. The third-order valence-electron chi connectivity index (χ3n) is 6.31. The zero-order chi connectivity index (χ0) is 26.3. The number of aromatic hydroxyl groups is 1. The number of hydrogen-bond donors (Lipinski definition) is 2. The molecule has 1 atom stereocenters. The first-order chi connectivity index (χ1) is 17.6. The topological polar surface area (TPSA) is 109 Å². The molecule has 0 amide bonds. The van der Waals surface area contributed by atoms with Crippen LogP contribution < -0.4 is 19.3 Å². The molecule has 191 valence electrons. The second-order valence-electron chi connectivity index (χ2n) is 9.10. The van der Waals surface area contributed by atoms with E-state index in [1.165, 1.54) is 12.5 Å². The molecule has 0 saturated carbocycles. The van der Waals surface area contributed by atoms with Gasteiger partial charge in [0.15, 0.2) is 0 Å². The summed E-state index contributed by atoms with van der Waals surface area (Å²) < 4.78 is 27.2. The molecule has 0 aliphatic carbocycles. The number of halogens is 2. The van der Waals surface area contributed by atoms with Gasteiger partial charge in [-0.05, 0) is 0 Å². The van der Waals surface area contributed by atoms with Crippen LogP contribution >= 0.6 is 23.2 Å². The molecule has 4 aromatic rings. The van der Waals surface area contributed by atoms with E-state index in [1.54, 1.807) is 12.1 Å². The van der Waals surface area contributed by atoms with Crippen LogP contribution in [-0.2, 0) is 9.84 Å². The summed E-state index contributed by atoms with van der Waals surface area (Å²) in [6.07, 6.45) is 6.53. The average molecular weight is 618 g/mol. The van der Waals surface area contributed by atoms with Crippen molar-refractivity contribution in [3.05, 3.63) is 64.9 Å². The van der Waals surface area contributed by atoms with Crippen molar-refractivity contribution in [1.29, 1.82) is 0 Å². The minimum absolute atomic E-state index is 0.137. The molecule has 1 fully saturated rings. The van der Waals surface area contributed by atoms with Gasteiger partial charge in [-0.2, -0.15) is 0 Å². The summed E-state index contributed by atoms with van der Waals surface area (Å²) in [7, 11) is -3.53. The van der Waals surface area contributed by atoms with Crippen molar-refractivity contribution in [1.82, 2.24) is 9.97 Å². The Balaban J connectivity index is 1.58. The standard InChI is InChI=1S/C26H24AsCl2N4O3S/c1-37(35,36)23-13-31-22-6-4-15(16-10-20(28)26(34)21(29)11-16)9-19(22)25(23)27-17-5-7-24(32-12-17)33-8-2-3-18(30)14-33/h4-7,9-13,18,34H,2-3,8,14,30H2,1H3. The van der Waals surface area contributed by atoms with Crippen LogP contribution in [0.5, 0.6) is 5.75 Å². The van der Waals surface area contributed by atoms with E-state index in [-0.39, 0.29) is 26.7 Å². The van der Waals surface area contributed by atoms with Gasteiger partial charge in [-0.25, -0.2) is 0 Å². The summed E-state index contributed by atoms with van der Waals surface area (Å²) in [6, 6.07) is 13.0. The molecule has 2 aromatic carbocycles. The summed E-state index contributed by atoms with van der Waals surface area (Å²) >= 11 is 11.6. The third kappa shape index (κ3) is 5.59. The zero-order valence-corrected chi connectivity index (χ0v) is 24.1. The van der Waals surface area contributed by atoms with Crippen LogP contribution in [0.2, 0.25) is 10.0 Å². The number of aromatic nitrogens is 2. The van der Waals surface area contributed by atoms with E-state index in [0.717, 1.165) is 51.4 Å². The van der Waals surface area contributed by atoms with Gasteiger partial charge in [-0.15, -0.1) is 0 Å². The number of piperidine rings is 1. The molecule has 11 heteroatoms. The fourth-order valence-electron chi connectivity index (χ4n) is 4.44. The van der Waals surface area contributed by atoms with E-state index < -0.39 is 25.6 Å². The van der Waals surface area contributed by atoms with Crippen molar-refractivity contribution in [3.8, 4) is 16.9 Å². The first kappa shape index (κ1) is 26.3. The number of benzene rings is 2. The van der Waals surface area contributed by atoms with Gasteiger partial charge in [0, 0.05) is 0 Å². The Hall–Kier alpha value is -2.35. The molecule has 1 unspecified atom stereocenters. The number of phenols is 1. The number of anilines is 1. The number of pyridine rings is 2. The van der Waals surface area contributed by atoms with Gasteiger partial charge in [-0.1, -0.05) is 0 Å². The molecule has 5 rings (SSSR count). The average Bonchev–Trinajstić information content (AvgIpc) is 2.86. The van der Waals surface area contributed by atoms with Crippen molar-refractivity contribution >= 4 is 74.2 Å². The molecule has 1 radical (unpaired) electrons. The van der Waals surface area contributed by atoms with Crippen LogP contribution in [0.25, 0.3) is 22.0 Å². The normalized spacial score (nSPS) is 16.6. The van der Waals surface area contributed by atoms with Gasteiger partial charge < -0.3 is 0 Å². The number of phenolic OH excluding ortho intramolecular Hbond substituents is 1. The number of nitrogens with zero attached hydrogens (tertiary/aromatic N) is 3. The second kappa shape index (κ2) is 10.4. The van der Waals surface area contributed by atoms with E-state index in [2.05, 4.69) is 14.9 Å². The van der Waals surface area contributed by atoms with Gasteiger partial charge in [-0.3, -0.25) is 0 Å². The van der Waals surface area contributed by atoms with Crippen molar-refractivity contribution < 1.29 is 13.5 Å². The molecule has 1 aliphatic heterocycles. The molecule has 1 aliphatic rings. The first-order valence-electron chi connectivity index (χ1n) is 11.6. The van der Waals surface area contributed by atoms with Crippen LogP contribution in [0.3, 0.4) is 0 Å². The van der Waals surface area contributed by atoms with Crippen LogP contribution in [-0.4, -0.2) is 64.6 Å². The summed E-state index contributed by atoms with van der Waals surface area (Å²) in [5.41, 5.74) is 8.29. The van der Waals surface area contributed by atoms with E-state index >= 15 is 0 Å². The summed E-state index contributed by atoms with van der Waals surface area (Å²) in [5, 5.41) is 11.0. The third-order valence-corrected chi connectivity index (χ3v) is 10.9. The number of nitrogens with two attached hydrogens (primary N) is 1. The fourth-order valence-corrected chi connectivity index (χ4v) is 8.99. The predicted molar refractivity (Wildman–Crippen MR) is 151 cm³/mol. The minimum atomic E-state index is -3.53. The zero-order valence-electron chi connectivity index (χ0n) is 19.9. The molecule has 0 bridgehead atoms. The molecular formula is C26H24AsCl2N4O3S. The van der Waals surface area contributed by atoms with Crippen molar-refractivity contribution in [2.75, 3.05) is 24.2 Å². The first-order valence-corrected chi connectivity index (χ1v) is 16.1. The predicted octanol–water partition coefficient (Wildman–Crippen LogP) is 3.30. The maximum atomic E-state index is 12.7. The SMILES string of the molecule is CS(=O)(=O)c1cnc2ccc(-c3cc(Cl)c(O)c(Cl)c3)cc2c1[As]c1ccc(N2CCCC(N)C2)nc1. The van der Waals surface area contributed by atoms with E-state index in [0.29, 0.717) is 11.1 Å². The maximum absolute atomic E-state index is 12.7. The number of fused-ring (bicyclic) bond motifs is 1. The number of hydrogen-bond acceptors (Lipinski definition) is 7. The van der Waals surface area contributed by atoms with Gasteiger partial charge in [0.25, 0.3) is 0 Å². The van der Waals surface area contributed by atoms with Crippen molar-refractivity contribution in [2.45, 2.75) is 23.8 Å². The molecule has 2 aromatic heterocycles. The molecule has 37 heavy (non-hydrogen) atoms. The van der Waals surface area contributed by atoms with E-state index in [9.17, 15) is 13.5 Å². The molecule has 0 spiro atoms. The van der Waals surface area contributed by atoms with Crippen LogP contribution in [0.15, 0.2) is 59.8 Å². The monoisotopic (exact) mass is 617 g/mol. The summed E-state index contributed by atoms with van der Waals surface area (Å²) in [4.78, 5) is 11.5. The van der Waals surface area contributed by atoms with Crippen LogP contribution in [0, 0.1) is 0 Å². The van der Waals surface area contributed by atoms with Gasteiger partial charge in [0.1, 0.15) is 0 Å². The Morgan fingerprint density at radius 1 is 1.05 bits per heavy atom. The second-order valence-corrected chi connectivity index (χ2v) is 14.4. The van der Waals surface area contributed by atoms with Gasteiger partial charge >= 0.3 is 233 Å². The molecular weight excluding hydrogens is 594 g/mol. The van der Waals surface area contributed by atoms with Gasteiger partial charge in [0.2, 0.25) is 0 Å². The van der Waals surface area contributed by atoms with Crippen molar-refractivity contribution in [2.24, 2.45) is 5.73 Å². The fraction of sp³-hybridized carbons (Fsp3) is 0.231. The van der Waals surface area contributed by atoms with Crippen LogP contribution in [0.4, 0.5) is 5.82 Å². The Kier molecular flexibility index (Phi) is 7.40. The molecule has 3 heterocycles. The van der Waals surface area contributed by atoms with E-state index in [1.807, 2.05) is 36.5 Å². The quantitative estimate of drug-likeness (QED) is 0.331.